The molecule has 10 heteroatoms. The maximum atomic E-state index is 13.2. The smallest absolute Gasteiger partial charge is 0.337 e. The van der Waals surface area contributed by atoms with Gasteiger partial charge in [0.1, 0.15) is 0 Å². The first-order valence-electron chi connectivity index (χ1n) is 10.0. The fourth-order valence-electron chi connectivity index (χ4n) is 4.64. The Labute approximate surface area is 180 Å². The number of carbonyl (C=O) groups is 3. The summed E-state index contributed by atoms with van der Waals surface area (Å²) in [5.41, 5.74) is 5.01. The number of urea groups is 1. The number of hydrazine groups is 1. The minimum Gasteiger partial charge on any atom is -0.468 e. The predicted octanol–water partition coefficient (Wildman–Crippen LogP) is 0.476. The SMILES string of the molecule is CCOC(=O)C1=C(C)N(NC(N)=O)C2(O)CCN(Cc3ccccc3)CC12C(=O)OC. The first-order chi connectivity index (χ1) is 14.7. The summed E-state index contributed by atoms with van der Waals surface area (Å²) in [6, 6.07) is 8.69. The van der Waals surface area contributed by atoms with E-state index in [4.69, 9.17) is 15.2 Å². The summed E-state index contributed by atoms with van der Waals surface area (Å²) in [5, 5.41) is 12.9. The molecule has 2 heterocycles. The Morgan fingerprint density at radius 2 is 1.94 bits per heavy atom. The molecule has 1 aromatic rings. The van der Waals surface area contributed by atoms with Gasteiger partial charge in [0.25, 0.3) is 0 Å². The summed E-state index contributed by atoms with van der Waals surface area (Å²) in [6.45, 7) is 4.10. The summed E-state index contributed by atoms with van der Waals surface area (Å²) in [4.78, 5) is 39.9. The van der Waals surface area contributed by atoms with Gasteiger partial charge in [-0.3, -0.25) is 14.7 Å². The van der Waals surface area contributed by atoms with Gasteiger partial charge in [-0.05, 0) is 19.4 Å². The number of allylic oxidation sites excluding steroid dienone is 1. The van der Waals surface area contributed by atoms with Crippen LogP contribution in [-0.2, 0) is 25.6 Å². The van der Waals surface area contributed by atoms with Crippen molar-refractivity contribution in [1.82, 2.24) is 15.3 Å². The van der Waals surface area contributed by atoms with E-state index >= 15 is 0 Å². The second-order valence-corrected chi connectivity index (χ2v) is 7.65. The Bertz CT molecular complexity index is 904. The molecule has 1 aromatic carbocycles. The highest BCUT2D eigenvalue weighted by atomic mass is 16.5. The lowest BCUT2D eigenvalue weighted by atomic mass is 9.69. The molecular weight excluding hydrogens is 404 g/mol. The summed E-state index contributed by atoms with van der Waals surface area (Å²) >= 11 is 0. The van der Waals surface area contributed by atoms with E-state index in [1.54, 1.807) is 6.92 Å². The number of fused-ring (bicyclic) bond motifs is 1. The normalized spacial score (nSPS) is 25.7. The molecule has 2 amide bonds. The predicted molar refractivity (Wildman–Crippen MR) is 110 cm³/mol. The van der Waals surface area contributed by atoms with Crippen molar-refractivity contribution >= 4 is 18.0 Å². The lowest BCUT2D eigenvalue weighted by molar-refractivity contribution is -0.214. The van der Waals surface area contributed by atoms with Crippen molar-refractivity contribution in [1.29, 1.82) is 0 Å². The lowest BCUT2D eigenvalue weighted by Gasteiger charge is -2.51. The molecule has 0 radical (unpaired) electrons. The third kappa shape index (κ3) is 3.61. The van der Waals surface area contributed by atoms with Gasteiger partial charge in [0.2, 0.25) is 0 Å². The summed E-state index contributed by atoms with van der Waals surface area (Å²) < 4.78 is 10.3. The number of esters is 2. The van der Waals surface area contributed by atoms with Gasteiger partial charge in [-0.1, -0.05) is 30.3 Å². The van der Waals surface area contributed by atoms with Gasteiger partial charge in [0.05, 0.1) is 19.3 Å². The van der Waals surface area contributed by atoms with Crippen LogP contribution in [0.2, 0.25) is 0 Å². The minimum atomic E-state index is -1.96. The van der Waals surface area contributed by atoms with E-state index in [1.807, 2.05) is 35.2 Å². The average molecular weight is 432 g/mol. The van der Waals surface area contributed by atoms with Crippen LogP contribution in [0.1, 0.15) is 25.8 Å². The van der Waals surface area contributed by atoms with E-state index < -0.39 is 29.1 Å². The van der Waals surface area contributed by atoms with Crippen LogP contribution in [0, 0.1) is 5.41 Å². The molecule has 168 valence electrons. The number of nitrogens with two attached hydrogens (primary N) is 1. The number of hydrogen-bond acceptors (Lipinski definition) is 8. The van der Waals surface area contributed by atoms with Crippen molar-refractivity contribution < 1.29 is 29.0 Å². The zero-order valence-corrected chi connectivity index (χ0v) is 17.9. The van der Waals surface area contributed by atoms with Gasteiger partial charge in [0, 0.05) is 31.8 Å². The number of aliphatic hydroxyl groups is 1. The molecule has 1 fully saturated rings. The van der Waals surface area contributed by atoms with E-state index in [0.29, 0.717) is 13.1 Å². The second-order valence-electron chi connectivity index (χ2n) is 7.65. The molecule has 4 N–H and O–H groups in total. The highest BCUT2D eigenvalue weighted by Gasteiger charge is 2.71. The largest absolute Gasteiger partial charge is 0.468 e. The third-order valence-electron chi connectivity index (χ3n) is 5.90. The van der Waals surface area contributed by atoms with Gasteiger partial charge >= 0.3 is 18.0 Å². The van der Waals surface area contributed by atoms with Crippen molar-refractivity contribution in [2.75, 3.05) is 26.8 Å². The van der Waals surface area contributed by atoms with Crippen LogP contribution in [0.5, 0.6) is 0 Å². The Morgan fingerprint density at radius 3 is 2.52 bits per heavy atom. The molecule has 2 aliphatic rings. The number of piperidine rings is 1. The molecule has 0 bridgehead atoms. The number of nitrogens with zero attached hydrogens (tertiary/aromatic N) is 2. The molecule has 0 aliphatic carbocycles. The Balaban J connectivity index is 2.12. The fraction of sp³-hybridized carbons (Fsp3) is 0.476. The first-order valence-corrected chi connectivity index (χ1v) is 10.0. The zero-order valence-electron chi connectivity index (χ0n) is 17.9. The van der Waals surface area contributed by atoms with Gasteiger partial charge in [0.15, 0.2) is 11.1 Å². The van der Waals surface area contributed by atoms with Crippen molar-refractivity contribution in [2.24, 2.45) is 11.1 Å². The Hall–Kier alpha value is -3.11. The van der Waals surface area contributed by atoms with Gasteiger partial charge in [-0.15, -0.1) is 0 Å². The fourth-order valence-corrected chi connectivity index (χ4v) is 4.64. The van der Waals surface area contributed by atoms with Crippen LogP contribution >= 0.6 is 0 Å². The second kappa shape index (κ2) is 8.56. The van der Waals surface area contributed by atoms with E-state index in [1.165, 1.54) is 14.0 Å². The van der Waals surface area contributed by atoms with Crippen LogP contribution in [0.4, 0.5) is 4.79 Å². The number of methoxy groups -OCH3 is 1. The van der Waals surface area contributed by atoms with Crippen LogP contribution in [0.25, 0.3) is 0 Å². The highest BCUT2D eigenvalue weighted by Crippen LogP contribution is 2.54. The van der Waals surface area contributed by atoms with E-state index in [0.717, 1.165) is 10.6 Å². The molecule has 2 unspecified atom stereocenters. The van der Waals surface area contributed by atoms with Crippen LogP contribution in [0.15, 0.2) is 41.6 Å². The molecule has 3 rings (SSSR count). The van der Waals surface area contributed by atoms with Crippen LogP contribution in [-0.4, -0.2) is 65.5 Å². The van der Waals surface area contributed by atoms with Crippen LogP contribution in [0.3, 0.4) is 0 Å². The maximum Gasteiger partial charge on any atom is 0.337 e. The molecule has 0 spiro atoms. The zero-order chi connectivity index (χ0) is 22.8. The summed E-state index contributed by atoms with van der Waals surface area (Å²) in [6.07, 6.45) is 0.0372. The number of amides is 2. The highest BCUT2D eigenvalue weighted by molar-refractivity contribution is 6.01. The number of carbonyl (C=O) groups excluding carboxylic acids is 3. The van der Waals surface area contributed by atoms with Crippen molar-refractivity contribution in [3.05, 3.63) is 47.2 Å². The average Bonchev–Trinajstić information content (AvgIpc) is 2.92. The number of nitrogens with one attached hydrogen (secondary N) is 1. The lowest BCUT2D eigenvalue weighted by Crippen LogP contribution is -2.70. The first kappa shape index (κ1) is 22.6. The number of ether oxygens (including phenoxy) is 2. The van der Waals surface area contributed by atoms with Crippen LogP contribution < -0.4 is 11.2 Å². The Morgan fingerprint density at radius 1 is 1.26 bits per heavy atom. The molecular formula is C21H28N4O6. The summed E-state index contributed by atoms with van der Waals surface area (Å²) in [7, 11) is 1.19. The Kier molecular flexibility index (Phi) is 6.23. The van der Waals surface area contributed by atoms with Crippen molar-refractivity contribution in [3.63, 3.8) is 0 Å². The molecule has 2 aliphatic heterocycles. The number of hydrogen-bond donors (Lipinski definition) is 3. The van der Waals surface area contributed by atoms with E-state index in [-0.39, 0.29) is 30.8 Å². The van der Waals surface area contributed by atoms with E-state index in [9.17, 15) is 19.5 Å². The molecule has 10 nitrogen and oxygen atoms in total. The van der Waals surface area contributed by atoms with Gasteiger partial charge < -0.3 is 20.3 Å². The quantitative estimate of drug-likeness (QED) is 0.553. The maximum absolute atomic E-state index is 13.2. The number of primary amides is 1. The van der Waals surface area contributed by atoms with Gasteiger partial charge in [-0.2, -0.15) is 0 Å². The van der Waals surface area contributed by atoms with Gasteiger partial charge in [-0.25, -0.2) is 15.0 Å². The monoisotopic (exact) mass is 432 g/mol. The molecule has 31 heavy (non-hydrogen) atoms. The molecule has 0 saturated carbocycles. The summed E-state index contributed by atoms with van der Waals surface area (Å²) in [5.74, 6) is -1.57. The number of likely N-dealkylation sites (tertiary alicyclic amines) is 1. The third-order valence-corrected chi connectivity index (χ3v) is 5.90. The number of rotatable bonds is 6. The molecule has 0 aromatic heterocycles. The number of benzene rings is 1. The topological polar surface area (TPSA) is 134 Å². The van der Waals surface area contributed by atoms with Crippen molar-refractivity contribution in [3.8, 4) is 0 Å². The minimum absolute atomic E-state index is 0.0203. The van der Waals surface area contributed by atoms with Crippen molar-refractivity contribution in [2.45, 2.75) is 32.5 Å². The molecule has 1 saturated heterocycles. The standard InChI is InChI=1S/C21H28N4O6/c1-4-31-17(26)16-14(2)25(23-19(22)28)21(29)10-11-24(12-15-8-6-5-7-9-15)13-20(16,21)18(27)30-3/h5-9,29H,4,10-13H2,1-3H3,(H3,22,23,28). The van der Waals surface area contributed by atoms with E-state index in [2.05, 4.69) is 5.43 Å². The molecule has 2 atom stereocenters.